The second-order valence-corrected chi connectivity index (χ2v) is 3.40. The molecular formula is C11H10ClNO3. The number of carbonyl (C=O) groups excluding carboxylic acids is 1. The molecule has 0 saturated carbocycles. The molecule has 0 radical (unpaired) electrons. The Labute approximate surface area is 98.0 Å². The van der Waals surface area contributed by atoms with Crippen LogP contribution in [0.15, 0.2) is 12.1 Å². The van der Waals surface area contributed by atoms with Crippen LogP contribution in [0, 0.1) is 11.3 Å². The van der Waals surface area contributed by atoms with E-state index in [1.54, 1.807) is 0 Å². The van der Waals surface area contributed by atoms with Crippen LogP contribution in [0.25, 0.3) is 0 Å². The minimum Gasteiger partial charge on any atom is -0.508 e. The number of esters is 1. The molecule has 0 unspecified atom stereocenters. The van der Waals surface area contributed by atoms with Crippen molar-refractivity contribution in [2.24, 2.45) is 0 Å². The molecule has 0 heterocycles. The zero-order valence-corrected chi connectivity index (χ0v) is 9.41. The third-order valence-corrected chi connectivity index (χ3v) is 2.41. The summed E-state index contributed by atoms with van der Waals surface area (Å²) >= 11 is 5.66. The van der Waals surface area contributed by atoms with Crippen LogP contribution in [-0.4, -0.2) is 18.2 Å². The number of ether oxygens (including phenoxy) is 1. The summed E-state index contributed by atoms with van der Waals surface area (Å²) in [6, 6.07) is 4.74. The highest BCUT2D eigenvalue weighted by Crippen LogP contribution is 2.25. The molecule has 84 valence electrons. The van der Waals surface area contributed by atoms with Crippen LogP contribution in [0.3, 0.4) is 0 Å². The van der Waals surface area contributed by atoms with Gasteiger partial charge in [0.05, 0.1) is 31.0 Å². The van der Waals surface area contributed by atoms with Crippen molar-refractivity contribution in [1.29, 1.82) is 5.26 Å². The van der Waals surface area contributed by atoms with E-state index in [1.807, 2.05) is 6.07 Å². The second-order valence-electron chi connectivity index (χ2n) is 3.13. The van der Waals surface area contributed by atoms with Crippen LogP contribution in [-0.2, 0) is 21.8 Å². The van der Waals surface area contributed by atoms with Crippen molar-refractivity contribution in [2.45, 2.75) is 12.3 Å². The fourth-order valence-electron chi connectivity index (χ4n) is 1.32. The molecule has 0 spiro atoms. The van der Waals surface area contributed by atoms with Crippen LogP contribution in [0.1, 0.15) is 16.7 Å². The summed E-state index contributed by atoms with van der Waals surface area (Å²) in [5.41, 5.74) is 1.25. The number of halogens is 1. The topological polar surface area (TPSA) is 70.3 Å². The van der Waals surface area contributed by atoms with Gasteiger partial charge in [0, 0.05) is 5.56 Å². The molecule has 5 heteroatoms. The lowest BCUT2D eigenvalue weighted by Gasteiger charge is -2.08. The number of carbonyl (C=O) groups is 1. The first-order valence-corrected chi connectivity index (χ1v) is 5.03. The van der Waals surface area contributed by atoms with Gasteiger partial charge in [-0.25, -0.2) is 0 Å². The summed E-state index contributed by atoms with van der Waals surface area (Å²) in [7, 11) is 1.27. The molecule has 1 rings (SSSR count). The third-order valence-electron chi connectivity index (χ3n) is 2.14. The van der Waals surface area contributed by atoms with E-state index in [4.69, 9.17) is 16.9 Å². The van der Waals surface area contributed by atoms with Gasteiger partial charge < -0.3 is 9.84 Å². The normalized spacial score (nSPS) is 9.56. The monoisotopic (exact) mass is 239 g/mol. The number of phenolic OH excluding ortho intramolecular Hbond substituents is 1. The summed E-state index contributed by atoms with van der Waals surface area (Å²) in [4.78, 5) is 11.1. The summed E-state index contributed by atoms with van der Waals surface area (Å²) in [6.45, 7) is 0. The number of phenols is 1. The average Bonchev–Trinajstić information content (AvgIpc) is 2.28. The Morgan fingerprint density at radius 2 is 2.31 bits per heavy atom. The Morgan fingerprint density at radius 3 is 2.81 bits per heavy atom. The average molecular weight is 240 g/mol. The van der Waals surface area contributed by atoms with Crippen molar-refractivity contribution in [3.8, 4) is 11.8 Å². The van der Waals surface area contributed by atoms with Crippen molar-refractivity contribution >= 4 is 17.6 Å². The van der Waals surface area contributed by atoms with Gasteiger partial charge in [0.1, 0.15) is 5.75 Å². The predicted molar refractivity (Wildman–Crippen MR) is 58.1 cm³/mol. The molecule has 0 fully saturated rings. The van der Waals surface area contributed by atoms with E-state index in [0.717, 1.165) is 0 Å². The van der Waals surface area contributed by atoms with Crippen LogP contribution in [0.5, 0.6) is 5.75 Å². The summed E-state index contributed by atoms with van der Waals surface area (Å²) in [5, 5.41) is 18.3. The van der Waals surface area contributed by atoms with Crippen LogP contribution in [0.4, 0.5) is 0 Å². The standard InChI is InChI=1S/C11H10ClNO3/c1-16-11(15)4-8-2-7(6-13)3-10(14)9(8)5-12/h2-3,14H,4-5H2,1H3. The first-order chi connectivity index (χ1) is 7.62. The molecule has 0 saturated heterocycles. The molecule has 0 bridgehead atoms. The van der Waals surface area contributed by atoms with Gasteiger partial charge in [0.15, 0.2) is 0 Å². The smallest absolute Gasteiger partial charge is 0.309 e. The largest absolute Gasteiger partial charge is 0.508 e. The van der Waals surface area contributed by atoms with Gasteiger partial charge in [-0.2, -0.15) is 5.26 Å². The highest BCUT2D eigenvalue weighted by atomic mass is 35.5. The molecule has 1 N–H and O–H groups in total. The van der Waals surface area contributed by atoms with Crippen molar-refractivity contribution < 1.29 is 14.6 Å². The zero-order valence-electron chi connectivity index (χ0n) is 8.66. The van der Waals surface area contributed by atoms with Gasteiger partial charge in [-0.15, -0.1) is 11.6 Å². The van der Waals surface area contributed by atoms with Gasteiger partial charge in [0.2, 0.25) is 0 Å². The number of methoxy groups -OCH3 is 1. The van der Waals surface area contributed by atoms with E-state index in [0.29, 0.717) is 11.1 Å². The zero-order chi connectivity index (χ0) is 12.1. The maximum absolute atomic E-state index is 11.1. The van der Waals surface area contributed by atoms with Crippen molar-refractivity contribution in [1.82, 2.24) is 0 Å². The lowest BCUT2D eigenvalue weighted by Crippen LogP contribution is -2.07. The summed E-state index contributed by atoms with van der Waals surface area (Å²) in [5.74, 6) is -0.446. The molecule has 0 amide bonds. The fraction of sp³-hybridized carbons (Fsp3) is 0.273. The van der Waals surface area contributed by atoms with E-state index in [-0.39, 0.29) is 23.6 Å². The van der Waals surface area contributed by atoms with Crippen LogP contribution < -0.4 is 0 Å². The third kappa shape index (κ3) is 2.65. The Bertz CT molecular complexity index is 451. The minimum atomic E-state index is -0.444. The number of nitrogens with zero attached hydrogens (tertiary/aromatic N) is 1. The molecule has 1 aromatic rings. The van der Waals surface area contributed by atoms with Crippen LogP contribution in [0.2, 0.25) is 0 Å². The number of alkyl halides is 1. The van der Waals surface area contributed by atoms with E-state index in [2.05, 4.69) is 4.74 Å². The van der Waals surface area contributed by atoms with E-state index >= 15 is 0 Å². The molecule has 0 aliphatic heterocycles. The second kappa shape index (κ2) is 5.38. The molecular weight excluding hydrogens is 230 g/mol. The first kappa shape index (κ1) is 12.3. The minimum absolute atomic E-state index is 0.0123. The van der Waals surface area contributed by atoms with Gasteiger partial charge in [0.25, 0.3) is 0 Å². The summed E-state index contributed by atoms with van der Waals surface area (Å²) in [6.07, 6.45) is -0.0123. The van der Waals surface area contributed by atoms with Gasteiger partial charge in [-0.05, 0) is 17.7 Å². The van der Waals surface area contributed by atoms with E-state index < -0.39 is 5.97 Å². The molecule has 16 heavy (non-hydrogen) atoms. The molecule has 1 aromatic carbocycles. The quantitative estimate of drug-likeness (QED) is 0.644. The number of nitriles is 1. The molecule has 0 aliphatic carbocycles. The van der Waals surface area contributed by atoms with E-state index in [1.165, 1.54) is 19.2 Å². The highest BCUT2D eigenvalue weighted by Gasteiger charge is 2.13. The van der Waals surface area contributed by atoms with Crippen molar-refractivity contribution in [2.75, 3.05) is 7.11 Å². The Morgan fingerprint density at radius 1 is 1.62 bits per heavy atom. The number of benzene rings is 1. The number of hydrogen-bond donors (Lipinski definition) is 1. The Kier molecular flexibility index (Phi) is 4.15. The van der Waals surface area contributed by atoms with Crippen molar-refractivity contribution in [3.63, 3.8) is 0 Å². The maximum Gasteiger partial charge on any atom is 0.309 e. The molecule has 0 aromatic heterocycles. The Balaban J connectivity index is 3.19. The lowest BCUT2D eigenvalue weighted by atomic mass is 10.0. The predicted octanol–water partition coefficient (Wildman–Crippen LogP) is 1.72. The summed E-state index contributed by atoms with van der Waals surface area (Å²) < 4.78 is 4.52. The number of rotatable bonds is 3. The number of hydrogen-bond acceptors (Lipinski definition) is 4. The van der Waals surface area contributed by atoms with Gasteiger partial charge >= 0.3 is 5.97 Å². The maximum atomic E-state index is 11.1. The van der Waals surface area contributed by atoms with E-state index in [9.17, 15) is 9.90 Å². The van der Waals surface area contributed by atoms with Gasteiger partial charge in [-0.1, -0.05) is 0 Å². The fourth-order valence-corrected chi connectivity index (χ4v) is 1.63. The first-order valence-electron chi connectivity index (χ1n) is 4.50. The highest BCUT2D eigenvalue weighted by molar-refractivity contribution is 6.17. The SMILES string of the molecule is COC(=O)Cc1cc(C#N)cc(O)c1CCl. The Hall–Kier alpha value is -1.73. The molecule has 0 aliphatic rings. The molecule has 4 nitrogen and oxygen atoms in total. The molecule has 0 atom stereocenters. The van der Waals surface area contributed by atoms with Crippen LogP contribution >= 0.6 is 11.6 Å². The van der Waals surface area contributed by atoms with Gasteiger partial charge in [-0.3, -0.25) is 4.79 Å². The lowest BCUT2D eigenvalue weighted by molar-refractivity contribution is -0.139. The number of aromatic hydroxyl groups is 1. The van der Waals surface area contributed by atoms with Crippen molar-refractivity contribution in [3.05, 3.63) is 28.8 Å².